The molecule has 0 aliphatic carbocycles. The number of aryl methyl sites for hydroxylation is 2. The van der Waals surface area contributed by atoms with E-state index in [4.69, 9.17) is 4.98 Å². The summed E-state index contributed by atoms with van der Waals surface area (Å²) >= 11 is 0. The molecule has 2 N–H and O–H groups in total. The number of unbranched alkanes of at least 4 members (excludes halogenated alkanes) is 1. The Morgan fingerprint density at radius 2 is 2.00 bits per heavy atom. The average Bonchev–Trinajstić information content (AvgIpc) is 3.39. The van der Waals surface area contributed by atoms with Gasteiger partial charge in [0.1, 0.15) is 5.82 Å². The van der Waals surface area contributed by atoms with Gasteiger partial charge >= 0.3 is 0 Å². The number of nitrogens with zero attached hydrogens (tertiary/aromatic N) is 4. The molecule has 0 bridgehead atoms. The lowest BCUT2D eigenvalue weighted by Crippen LogP contribution is -2.22. The normalized spacial score (nSPS) is 12.1. The predicted octanol–water partition coefficient (Wildman–Crippen LogP) is 3.53. The van der Waals surface area contributed by atoms with Crippen molar-refractivity contribution in [1.82, 2.24) is 24.1 Å². The van der Waals surface area contributed by atoms with E-state index in [1.807, 2.05) is 18.2 Å². The number of aromatic nitrogens is 4. The zero-order valence-corrected chi connectivity index (χ0v) is 19.8. The molecule has 2 aromatic carbocycles. The van der Waals surface area contributed by atoms with Crippen LogP contribution in [0.15, 0.2) is 47.5 Å². The lowest BCUT2D eigenvalue weighted by molar-refractivity contribution is -0.116. The topological polar surface area (TPSA) is 113 Å². The number of anilines is 1. The van der Waals surface area contributed by atoms with Gasteiger partial charge in [-0.25, -0.2) is 17.7 Å². The van der Waals surface area contributed by atoms with E-state index in [2.05, 4.69) is 27.0 Å². The van der Waals surface area contributed by atoms with E-state index >= 15 is 0 Å². The maximum Gasteiger partial charge on any atom is 0.242 e. The number of hydrogen-bond acceptors (Lipinski definition) is 5. The Kier molecular flexibility index (Phi) is 6.48. The molecule has 0 aliphatic rings. The van der Waals surface area contributed by atoms with Gasteiger partial charge in [-0.15, -0.1) is 0 Å². The van der Waals surface area contributed by atoms with Crippen molar-refractivity contribution in [3.05, 3.63) is 48.4 Å². The van der Waals surface area contributed by atoms with Crippen LogP contribution < -0.4 is 5.32 Å². The standard InChI is InChI=1S/C23H28N6O3S/c1-4-5-12-29-21-9-7-18(33(31,32)28(2)3)14-20(21)26-22(29)10-11-23(30)25-17-6-8-19-16(13-17)15-24-27-19/h6-9,13-15H,4-5,10-12H2,1-3H3,(H,24,27)(H,25,30). The van der Waals surface area contributed by atoms with Crippen LogP contribution in [0.4, 0.5) is 5.69 Å². The lowest BCUT2D eigenvalue weighted by Gasteiger charge is -2.11. The molecule has 0 saturated heterocycles. The number of hydrogen-bond donors (Lipinski definition) is 2. The quantitative estimate of drug-likeness (QED) is 0.390. The molecule has 0 fully saturated rings. The fourth-order valence-electron chi connectivity index (χ4n) is 3.76. The van der Waals surface area contributed by atoms with Crippen LogP contribution in [0.1, 0.15) is 32.0 Å². The number of carbonyl (C=O) groups excluding carboxylic acids is 1. The fraction of sp³-hybridized carbons (Fsp3) is 0.348. The van der Waals surface area contributed by atoms with E-state index in [1.165, 1.54) is 18.4 Å². The van der Waals surface area contributed by atoms with Gasteiger partial charge in [0.15, 0.2) is 0 Å². The Labute approximate surface area is 192 Å². The van der Waals surface area contributed by atoms with Crippen LogP contribution in [0, 0.1) is 0 Å². The molecule has 174 valence electrons. The van der Waals surface area contributed by atoms with Gasteiger partial charge in [0.05, 0.1) is 27.6 Å². The maximum atomic E-state index is 12.6. The number of benzene rings is 2. The number of aromatic amines is 1. The van der Waals surface area contributed by atoms with E-state index in [0.717, 1.165) is 41.6 Å². The highest BCUT2D eigenvalue weighted by Crippen LogP contribution is 2.24. The molecule has 2 heterocycles. The average molecular weight is 469 g/mol. The van der Waals surface area contributed by atoms with Gasteiger partial charge in [0, 0.05) is 44.6 Å². The van der Waals surface area contributed by atoms with Crippen molar-refractivity contribution >= 4 is 43.6 Å². The maximum absolute atomic E-state index is 12.6. The van der Waals surface area contributed by atoms with Crippen molar-refractivity contribution in [2.24, 2.45) is 0 Å². The van der Waals surface area contributed by atoms with Crippen LogP contribution in [0.3, 0.4) is 0 Å². The van der Waals surface area contributed by atoms with Crippen molar-refractivity contribution in [2.45, 2.75) is 44.0 Å². The molecular formula is C23H28N6O3S. The van der Waals surface area contributed by atoms with Crippen LogP contribution in [0.5, 0.6) is 0 Å². The van der Waals surface area contributed by atoms with E-state index in [9.17, 15) is 13.2 Å². The molecule has 2 aromatic heterocycles. The van der Waals surface area contributed by atoms with Crippen LogP contribution in [0.2, 0.25) is 0 Å². The van der Waals surface area contributed by atoms with Crippen molar-refractivity contribution in [3.8, 4) is 0 Å². The van der Waals surface area contributed by atoms with Gasteiger partial charge in [-0.1, -0.05) is 13.3 Å². The third kappa shape index (κ3) is 4.76. The van der Waals surface area contributed by atoms with E-state index in [0.29, 0.717) is 17.6 Å². The van der Waals surface area contributed by atoms with Crippen molar-refractivity contribution in [2.75, 3.05) is 19.4 Å². The van der Waals surface area contributed by atoms with Crippen LogP contribution in [0.25, 0.3) is 21.9 Å². The summed E-state index contributed by atoms with van der Waals surface area (Å²) in [5.74, 6) is 0.668. The van der Waals surface area contributed by atoms with Crippen molar-refractivity contribution in [3.63, 3.8) is 0 Å². The number of imidazole rings is 1. The number of amides is 1. The molecule has 0 atom stereocenters. The molecule has 4 rings (SSSR count). The Balaban J connectivity index is 1.55. The SMILES string of the molecule is CCCCn1c(CCC(=O)Nc2ccc3[nH]ncc3c2)nc2cc(S(=O)(=O)N(C)C)ccc21. The van der Waals surface area contributed by atoms with Gasteiger partial charge in [0.25, 0.3) is 0 Å². The number of sulfonamides is 1. The minimum Gasteiger partial charge on any atom is -0.328 e. The monoisotopic (exact) mass is 468 g/mol. The molecule has 0 radical (unpaired) electrons. The smallest absolute Gasteiger partial charge is 0.242 e. The molecule has 10 heteroatoms. The van der Waals surface area contributed by atoms with Gasteiger partial charge in [-0.3, -0.25) is 9.89 Å². The number of rotatable bonds is 9. The summed E-state index contributed by atoms with van der Waals surface area (Å²) in [6.07, 6.45) is 4.41. The third-order valence-corrected chi connectivity index (χ3v) is 7.42. The largest absolute Gasteiger partial charge is 0.328 e. The van der Waals surface area contributed by atoms with Gasteiger partial charge in [0.2, 0.25) is 15.9 Å². The van der Waals surface area contributed by atoms with Crippen molar-refractivity contribution < 1.29 is 13.2 Å². The highest BCUT2D eigenvalue weighted by Gasteiger charge is 2.20. The number of nitrogens with one attached hydrogen (secondary N) is 2. The molecular weight excluding hydrogens is 440 g/mol. The second-order valence-electron chi connectivity index (χ2n) is 8.19. The Bertz CT molecular complexity index is 1400. The Morgan fingerprint density at radius 3 is 2.76 bits per heavy atom. The Hall–Kier alpha value is -3.24. The third-order valence-electron chi connectivity index (χ3n) is 5.61. The van der Waals surface area contributed by atoms with E-state index in [-0.39, 0.29) is 17.2 Å². The summed E-state index contributed by atoms with van der Waals surface area (Å²) in [6, 6.07) is 10.6. The minimum absolute atomic E-state index is 0.109. The first-order valence-corrected chi connectivity index (χ1v) is 12.4. The van der Waals surface area contributed by atoms with Gasteiger partial charge < -0.3 is 9.88 Å². The molecule has 4 aromatic rings. The van der Waals surface area contributed by atoms with Crippen LogP contribution in [-0.4, -0.2) is 52.5 Å². The van der Waals surface area contributed by atoms with Gasteiger partial charge in [-0.2, -0.15) is 5.10 Å². The second-order valence-corrected chi connectivity index (χ2v) is 10.3. The van der Waals surface area contributed by atoms with E-state index in [1.54, 1.807) is 24.4 Å². The molecule has 0 aliphatic heterocycles. The van der Waals surface area contributed by atoms with Crippen LogP contribution in [-0.2, 0) is 27.8 Å². The molecule has 0 saturated carbocycles. The summed E-state index contributed by atoms with van der Waals surface area (Å²) in [4.78, 5) is 17.5. The highest BCUT2D eigenvalue weighted by atomic mass is 32.2. The summed E-state index contributed by atoms with van der Waals surface area (Å²) in [6.45, 7) is 2.88. The molecule has 9 nitrogen and oxygen atoms in total. The zero-order chi connectivity index (χ0) is 23.6. The summed E-state index contributed by atoms with van der Waals surface area (Å²) in [5.41, 5.74) is 3.12. The molecule has 0 unspecified atom stereocenters. The predicted molar refractivity (Wildman–Crippen MR) is 129 cm³/mol. The van der Waals surface area contributed by atoms with E-state index < -0.39 is 10.0 Å². The zero-order valence-electron chi connectivity index (χ0n) is 19.0. The molecule has 1 amide bonds. The first-order chi connectivity index (χ1) is 15.8. The Morgan fingerprint density at radius 1 is 1.18 bits per heavy atom. The number of H-pyrrole nitrogens is 1. The fourth-order valence-corrected chi connectivity index (χ4v) is 4.68. The molecule has 33 heavy (non-hydrogen) atoms. The highest BCUT2D eigenvalue weighted by molar-refractivity contribution is 7.89. The summed E-state index contributed by atoms with van der Waals surface area (Å²) < 4.78 is 28.3. The molecule has 0 spiro atoms. The van der Waals surface area contributed by atoms with Crippen molar-refractivity contribution in [1.29, 1.82) is 0 Å². The summed E-state index contributed by atoms with van der Waals surface area (Å²) in [5, 5.41) is 10.7. The number of carbonyl (C=O) groups is 1. The van der Waals surface area contributed by atoms with Crippen LogP contribution >= 0.6 is 0 Å². The van der Waals surface area contributed by atoms with Gasteiger partial charge in [-0.05, 0) is 42.8 Å². The second kappa shape index (κ2) is 9.32. The summed E-state index contributed by atoms with van der Waals surface area (Å²) in [7, 11) is -0.532. The lowest BCUT2D eigenvalue weighted by atomic mass is 10.2. The minimum atomic E-state index is -3.55. The first-order valence-electron chi connectivity index (χ1n) is 10.9. The first kappa shape index (κ1) is 22.9. The number of fused-ring (bicyclic) bond motifs is 2.